The summed E-state index contributed by atoms with van der Waals surface area (Å²) in [5, 5.41) is 0.993. The summed E-state index contributed by atoms with van der Waals surface area (Å²) < 4.78 is 25.2. The summed E-state index contributed by atoms with van der Waals surface area (Å²) in [4.78, 5) is 9.24. The average molecular weight is 405 g/mol. The number of rotatable bonds is 9. The van der Waals surface area contributed by atoms with Gasteiger partial charge in [0.25, 0.3) is 0 Å². The lowest BCUT2D eigenvalue weighted by molar-refractivity contribution is -0.0217. The first kappa shape index (κ1) is 20.7. The van der Waals surface area contributed by atoms with Gasteiger partial charge in [-0.1, -0.05) is 18.2 Å². The predicted molar refractivity (Wildman–Crippen MR) is 114 cm³/mol. The minimum Gasteiger partial charge on any atom is -0.382 e. The van der Waals surface area contributed by atoms with E-state index in [2.05, 4.69) is 9.55 Å². The van der Waals surface area contributed by atoms with Gasteiger partial charge >= 0.3 is 0 Å². The molecular formula is C20H28N4O3S. The van der Waals surface area contributed by atoms with Gasteiger partial charge < -0.3 is 19.8 Å². The second-order valence-electron chi connectivity index (χ2n) is 7.35. The fraction of sp³-hybridized carbons (Fsp3) is 0.500. The molecule has 2 N–H and O–H groups in total. The lowest BCUT2D eigenvalue weighted by atomic mass is 10.1. The minimum absolute atomic E-state index is 0.383. The number of fused-ring (bicyclic) bond motifs is 3. The van der Waals surface area contributed by atoms with Gasteiger partial charge in [0.15, 0.2) is 5.82 Å². The SMILES string of the molecule is CCOCc1nc2c(N)nc3ccccc3c2n1CC(C)(C)OCCS(C)=O. The Balaban J connectivity index is 2.08. The molecule has 0 spiro atoms. The molecule has 1 unspecified atom stereocenters. The Morgan fingerprint density at radius 1 is 1.25 bits per heavy atom. The Morgan fingerprint density at radius 2 is 2.00 bits per heavy atom. The summed E-state index contributed by atoms with van der Waals surface area (Å²) in [6, 6.07) is 7.90. The van der Waals surface area contributed by atoms with Crippen molar-refractivity contribution in [2.75, 3.05) is 31.0 Å². The number of nitrogens with zero attached hydrogens (tertiary/aromatic N) is 3. The number of imidazole rings is 1. The standard InChI is InChI=1S/C20H28N4O3S/c1-5-26-12-16-23-17-18(14-8-6-7-9-15(14)22-19(17)21)24(16)13-20(2,3)27-10-11-28(4)25/h6-9H,5,10-13H2,1-4H3,(H2,21,22). The third-order valence-corrected chi connectivity index (χ3v) is 5.27. The van der Waals surface area contributed by atoms with Crippen LogP contribution in [0.3, 0.4) is 0 Å². The highest BCUT2D eigenvalue weighted by Gasteiger charge is 2.25. The van der Waals surface area contributed by atoms with Crippen molar-refractivity contribution in [1.29, 1.82) is 0 Å². The topological polar surface area (TPSA) is 92.3 Å². The molecule has 2 aromatic heterocycles. The lowest BCUT2D eigenvalue weighted by Gasteiger charge is -2.27. The maximum absolute atomic E-state index is 11.4. The molecule has 28 heavy (non-hydrogen) atoms. The van der Waals surface area contributed by atoms with Gasteiger partial charge in [0.05, 0.1) is 29.8 Å². The van der Waals surface area contributed by atoms with Crippen molar-refractivity contribution in [3.63, 3.8) is 0 Å². The summed E-state index contributed by atoms with van der Waals surface area (Å²) >= 11 is 0. The zero-order valence-corrected chi connectivity index (χ0v) is 17.7. The van der Waals surface area contributed by atoms with E-state index in [-0.39, 0.29) is 0 Å². The molecule has 0 fully saturated rings. The predicted octanol–water partition coefficient (Wildman–Crippen LogP) is 2.88. The molecule has 0 saturated carbocycles. The molecule has 0 saturated heterocycles. The molecule has 0 aliphatic carbocycles. The summed E-state index contributed by atoms with van der Waals surface area (Å²) in [7, 11) is -0.881. The number of pyridine rings is 1. The van der Waals surface area contributed by atoms with Gasteiger partial charge in [0.1, 0.15) is 17.9 Å². The maximum Gasteiger partial charge on any atom is 0.152 e. The van der Waals surface area contributed by atoms with E-state index in [1.54, 1.807) is 6.26 Å². The summed E-state index contributed by atoms with van der Waals surface area (Å²) in [5.41, 5.74) is 8.19. The normalized spacial score (nSPS) is 13.4. The van der Waals surface area contributed by atoms with Crippen LogP contribution in [0.5, 0.6) is 0 Å². The zero-order valence-electron chi connectivity index (χ0n) is 16.9. The van der Waals surface area contributed by atoms with Crippen LogP contribution in [0.2, 0.25) is 0 Å². The van der Waals surface area contributed by atoms with Crippen LogP contribution in [0, 0.1) is 0 Å². The smallest absolute Gasteiger partial charge is 0.152 e. The molecule has 7 nitrogen and oxygen atoms in total. The Bertz CT molecular complexity index is 1000. The molecule has 2 heterocycles. The van der Waals surface area contributed by atoms with Gasteiger partial charge in [-0.05, 0) is 26.8 Å². The van der Waals surface area contributed by atoms with Crippen molar-refractivity contribution in [3.8, 4) is 0 Å². The number of hydrogen-bond acceptors (Lipinski definition) is 6. The Hall–Kier alpha value is -2.03. The average Bonchev–Trinajstić information content (AvgIpc) is 2.98. The van der Waals surface area contributed by atoms with E-state index in [1.165, 1.54) is 0 Å². The molecule has 0 amide bonds. The Kier molecular flexibility index (Phi) is 6.32. The van der Waals surface area contributed by atoms with Crippen molar-refractivity contribution in [2.24, 2.45) is 0 Å². The number of aromatic nitrogens is 3. The molecule has 3 aromatic rings. The van der Waals surface area contributed by atoms with Gasteiger partial charge in [-0.2, -0.15) is 0 Å². The number of ether oxygens (including phenoxy) is 2. The summed E-state index contributed by atoms with van der Waals surface area (Å²) in [5.74, 6) is 1.71. The molecule has 0 radical (unpaired) electrons. The molecule has 8 heteroatoms. The van der Waals surface area contributed by atoms with Crippen LogP contribution in [0.1, 0.15) is 26.6 Å². The van der Waals surface area contributed by atoms with Crippen molar-refractivity contribution in [1.82, 2.24) is 14.5 Å². The van der Waals surface area contributed by atoms with Gasteiger partial charge in [0.2, 0.25) is 0 Å². The number of benzene rings is 1. The highest BCUT2D eigenvalue weighted by molar-refractivity contribution is 7.84. The van der Waals surface area contributed by atoms with Crippen LogP contribution in [0.15, 0.2) is 24.3 Å². The fourth-order valence-corrected chi connectivity index (χ4v) is 3.56. The monoisotopic (exact) mass is 404 g/mol. The summed E-state index contributed by atoms with van der Waals surface area (Å²) in [6.07, 6.45) is 1.68. The largest absolute Gasteiger partial charge is 0.382 e. The van der Waals surface area contributed by atoms with Crippen molar-refractivity contribution >= 4 is 38.6 Å². The van der Waals surface area contributed by atoms with Crippen molar-refractivity contribution in [3.05, 3.63) is 30.1 Å². The van der Waals surface area contributed by atoms with Crippen LogP contribution in [0.25, 0.3) is 21.9 Å². The Morgan fingerprint density at radius 3 is 2.71 bits per heavy atom. The quantitative estimate of drug-likeness (QED) is 0.590. The highest BCUT2D eigenvalue weighted by atomic mass is 32.2. The van der Waals surface area contributed by atoms with Gasteiger partial charge in [-0.3, -0.25) is 4.21 Å². The molecule has 152 valence electrons. The molecular weight excluding hydrogens is 376 g/mol. The second kappa shape index (κ2) is 8.55. The zero-order chi connectivity index (χ0) is 20.3. The molecule has 1 atom stereocenters. The first-order valence-corrected chi connectivity index (χ1v) is 11.1. The number of anilines is 1. The lowest BCUT2D eigenvalue weighted by Crippen LogP contribution is -2.32. The molecule has 1 aromatic carbocycles. The van der Waals surface area contributed by atoms with Gasteiger partial charge in [-0.15, -0.1) is 0 Å². The van der Waals surface area contributed by atoms with Gasteiger partial charge in [-0.25, -0.2) is 9.97 Å². The van der Waals surface area contributed by atoms with Crippen molar-refractivity contribution < 1.29 is 13.7 Å². The third-order valence-electron chi connectivity index (χ3n) is 4.53. The van der Waals surface area contributed by atoms with Gasteiger partial charge in [0, 0.05) is 34.8 Å². The number of hydrogen-bond donors (Lipinski definition) is 1. The van der Waals surface area contributed by atoms with Crippen LogP contribution >= 0.6 is 0 Å². The third kappa shape index (κ3) is 4.51. The number of nitrogen functional groups attached to an aromatic ring is 1. The van der Waals surface area contributed by atoms with E-state index in [4.69, 9.17) is 20.2 Å². The minimum atomic E-state index is -0.881. The molecule has 0 aliphatic heterocycles. The molecule has 0 aliphatic rings. The van der Waals surface area contributed by atoms with Crippen molar-refractivity contribution in [2.45, 2.75) is 39.5 Å². The Labute approximate surface area is 167 Å². The first-order valence-electron chi connectivity index (χ1n) is 9.37. The highest BCUT2D eigenvalue weighted by Crippen LogP contribution is 2.30. The fourth-order valence-electron chi connectivity index (χ4n) is 3.24. The van der Waals surface area contributed by atoms with E-state index >= 15 is 0 Å². The van der Waals surface area contributed by atoms with Crippen LogP contribution in [-0.4, -0.2) is 49.6 Å². The van der Waals surface area contributed by atoms with Crippen LogP contribution in [0.4, 0.5) is 5.82 Å². The first-order chi connectivity index (χ1) is 13.3. The second-order valence-corrected chi connectivity index (χ2v) is 8.90. The summed E-state index contributed by atoms with van der Waals surface area (Å²) in [6.45, 7) is 7.98. The van der Waals surface area contributed by atoms with E-state index in [0.717, 1.165) is 22.2 Å². The van der Waals surface area contributed by atoms with E-state index < -0.39 is 16.4 Å². The molecule has 0 bridgehead atoms. The van der Waals surface area contributed by atoms with E-state index in [0.29, 0.717) is 43.5 Å². The van der Waals surface area contributed by atoms with Crippen LogP contribution in [-0.2, 0) is 33.4 Å². The van der Waals surface area contributed by atoms with Crippen LogP contribution < -0.4 is 5.73 Å². The van der Waals surface area contributed by atoms with E-state index in [1.807, 2.05) is 45.0 Å². The number of para-hydroxylation sites is 1. The number of nitrogens with two attached hydrogens (primary N) is 1. The molecule has 3 rings (SSSR count). The van der Waals surface area contributed by atoms with E-state index in [9.17, 15) is 4.21 Å². The maximum atomic E-state index is 11.4.